The monoisotopic (exact) mass is 384 g/mol. The third-order valence-electron chi connectivity index (χ3n) is 3.25. The van der Waals surface area contributed by atoms with Gasteiger partial charge < -0.3 is 15.8 Å². The highest BCUT2D eigenvalue weighted by Crippen LogP contribution is 2.29. The van der Waals surface area contributed by atoms with Crippen LogP contribution in [0.15, 0.2) is 23.6 Å². The van der Waals surface area contributed by atoms with E-state index in [-0.39, 0.29) is 11.7 Å². The van der Waals surface area contributed by atoms with E-state index >= 15 is 0 Å². The number of anilines is 2. The number of sulfonamides is 1. The summed E-state index contributed by atoms with van der Waals surface area (Å²) in [6.07, 6.45) is 0.623. The number of hydrogen-bond donors (Lipinski definition) is 3. The highest BCUT2D eigenvalue weighted by Gasteiger charge is 2.14. The van der Waals surface area contributed by atoms with Crippen molar-refractivity contribution in [3.63, 3.8) is 0 Å². The quantitative estimate of drug-likeness (QED) is 0.636. The zero-order chi connectivity index (χ0) is 18.4. The summed E-state index contributed by atoms with van der Waals surface area (Å²) >= 11 is 1.38. The molecule has 0 bridgehead atoms. The molecule has 1 aromatic heterocycles. The van der Waals surface area contributed by atoms with E-state index in [0.29, 0.717) is 35.8 Å². The number of nitrogens with zero attached hydrogens (tertiary/aromatic N) is 1. The van der Waals surface area contributed by atoms with Crippen LogP contribution in [0.4, 0.5) is 11.4 Å². The van der Waals surface area contributed by atoms with Crippen molar-refractivity contribution in [2.75, 3.05) is 29.4 Å². The van der Waals surface area contributed by atoms with Gasteiger partial charge in [-0.2, -0.15) is 0 Å². The smallest absolute Gasteiger partial charge is 0.275 e. The van der Waals surface area contributed by atoms with Crippen molar-refractivity contribution in [2.45, 2.75) is 13.3 Å². The third kappa shape index (κ3) is 5.15. The lowest BCUT2D eigenvalue weighted by Crippen LogP contribution is -2.16. The average molecular weight is 384 g/mol. The molecule has 1 aromatic carbocycles. The molecule has 8 nitrogen and oxygen atoms in total. The summed E-state index contributed by atoms with van der Waals surface area (Å²) in [7, 11) is -2.00. The van der Waals surface area contributed by atoms with E-state index in [1.807, 2.05) is 0 Å². The second kappa shape index (κ2) is 8.28. The van der Waals surface area contributed by atoms with Crippen LogP contribution in [0.2, 0.25) is 0 Å². The molecular formula is C15H20N4O4S2. The van der Waals surface area contributed by atoms with Crippen molar-refractivity contribution >= 4 is 38.6 Å². The van der Waals surface area contributed by atoms with E-state index in [1.165, 1.54) is 31.4 Å². The number of benzene rings is 1. The molecule has 0 radical (unpaired) electrons. The first-order chi connectivity index (χ1) is 11.9. The zero-order valence-corrected chi connectivity index (χ0v) is 15.5. The van der Waals surface area contributed by atoms with E-state index in [0.717, 1.165) is 5.01 Å². The van der Waals surface area contributed by atoms with Gasteiger partial charge in [-0.1, -0.05) is 0 Å². The van der Waals surface area contributed by atoms with E-state index in [4.69, 9.17) is 10.5 Å². The molecule has 1 amide bonds. The molecule has 0 aliphatic heterocycles. The Bertz CT molecular complexity index is 849. The molecule has 0 aliphatic rings. The van der Waals surface area contributed by atoms with Gasteiger partial charge in [0.1, 0.15) is 11.4 Å². The second-order valence-corrected chi connectivity index (χ2v) is 7.99. The van der Waals surface area contributed by atoms with Crippen LogP contribution >= 0.6 is 11.3 Å². The number of hydrogen-bond acceptors (Lipinski definition) is 7. The molecule has 4 N–H and O–H groups in total. The lowest BCUT2D eigenvalue weighted by atomic mass is 10.2. The van der Waals surface area contributed by atoms with Gasteiger partial charge in [-0.25, -0.2) is 13.4 Å². The first-order valence-corrected chi connectivity index (χ1v) is 10.1. The summed E-state index contributed by atoms with van der Waals surface area (Å²) in [6.45, 7) is 2.01. The first kappa shape index (κ1) is 19.2. The lowest BCUT2D eigenvalue weighted by molar-refractivity contribution is 0.102. The van der Waals surface area contributed by atoms with Crippen LogP contribution in [0.25, 0.3) is 0 Å². The van der Waals surface area contributed by atoms with Gasteiger partial charge in [0.15, 0.2) is 0 Å². The molecule has 0 spiro atoms. The fourth-order valence-electron chi connectivity index (χ4n) is 1.94. The van der Waals surface area contributed by atoms with Gasteiger partial charge in [0.05, 0.1) is 23.6 Å². The van der Waals surface area contributed by atoms with Gasteiger partial charge in [0, 0.05) is 23.6 Å². The maximum Gasteiger partial charge on any atom is 0.275 e. The Balaban J connectivity index is 2.15. The zero-order valence-electron chi connectivity index (χ0n) is 13.9. The van der Waals surface area contributed by atoms with Gasteiger partial charge in [-0.15, -0.1) is 11.3 Å². The number of carbonyl (C=O) groups is 1. The van der Waals surface area contributed by atoms with Crippen molar-refractivity contribution in [1.29, 1.82) is 0 Å². The van der Waals surface area contributed by atoms with E-state index in [1.54, 1.807) is 17.5 Å². The summed E-state index contributed by atoms with van der Waals surface area (Å²) in [6, 6.07) is 4.65. The van der Waals surface area contributed by atoms with Crippen LogP contribution in [0, 0.1) is 0 Å². The fraction of sp³-hybridized carbons (Fsp3) is 0.333. The van der Waals surface area contributed by atoms with Crippen molar-refractivity contribution in [3.8, 4) is 5.75 Å². The van der Waals surface area contributed by atoms with E-state index < -0.39 is 10.0 Å². The van der Waals surface area contributed by atoms with Crippen molar-refractivity contribution in [1.82, 2.24) is 4.98 Å². The largest absolute Gasteiger partial charge is 0.494 e. The Morgan fingerprint density at radius 2 is 2.16 bits per heavy atom. The van der Waals surface area contributed by atoms with Gasteiger partial charge in [0.25, 0.3) is 5.91 Å². The molecule has 1 heterocycles. The standard InChI is InChI=1S/C15H20N4O4S2/c1-3-25(21,22)19-11-5-4-10(8-13(11)23-2)17-15(20)12-9-24-14(18-12)6-7-16/h4-5,8-9,19H,3,6-7,16H2,1-2H3,(H,17,20). The van der Waals surface area contributed by atoms with E-state index in [9.17, 15) is 13.2 Å². The SMILES string of the molecule is CCS(=O)(=O)Nc1ccc(NC(=O)c2csc(CCN)n2)cc1OC. The van der Waals surface area contributed by atoms with Gasteiger partial charge in [-0.05, 0) is 25.6 Å². The Morgan fingerprint density at radius 3 is 2.80 bits per heavy atom. The van der Waals surface area contributed by atoms with E-state index in [2.05, 4.69) is 15.0 Å². The molecule has 2 rings (SSSR count). The van der Waals surface area contributed by atoms with Crippen LogP contribution in [0.1, 0.15) is 22.4 Å². The fourth-order valence-corrected chi connectivity index (χ4v) is 3.38. The van der Waals surface area contributed by atoms with Crippen LogP contribution in [0.5, 0.6) is 5.75 Å². The minimum absolute atomic E-state index is 0.0520. The number of methoxy groups -OCH3 is 1. The number of aromatic nitrogens is 1. The van der Waals surface area contributed by atoms with Crippen molar-refractivity contribution in [2.24, 2.45) is 5.73 Å². The summed E-state index contributed by atoms with van der Waals surface area (Å²) < 4.78 is 31.0. The number of nitrogens with two attached hydrogens (primary N) is 1. The minimum Gasteiger partial charge on any atom is -0.494 e. The van der Waals surface area contributed by atoms with Crippen LogP contribution in [-0.4, -0.2) is 38.7 Å². The molecule has 2 aromatic rings. The molecule has 0 saturated heterocycles. The molecule has 0 aliphatic carbocycles. The summed E-state index contributed by atoms with van der Waals surface area (Å²) in [5.74, 6) is -0.107. The Labute approximate surface area is 150 Å². The molecule has 10 heteroatoms. The van der Waals surface area contributed by atoms with Crippen LogP contribution < -0.4 is 20.5 Å². The van der Waals surface area contributed by atoms with Crippen molar-refractivity contribution in [3.05, 3.63) is 34.3 Å². The lowest BCUT2D eigenvalue weighted by Gasteiger charge is -2.12. The summed E-state index contributed by atoms with van der Waals surface area (Å²) in [5.41, 5.74) is 6.56. The second-order valence-electron chi connectivity index (χ2n) is 5.04. The first-order valence-electron chi connectivity index (χ1n) is 7.53. The predicted molar refractivity (Wildman–Crippen MR) is 98.9 cm³/mol. The molecule has 136 valence electrons. The Morgan fingerprint density at radius 1 is 1.40 bits per heavy atom. The number of rotatable bonds is 8. The number of nitrogens with one attached hydrogen (secondary N) is 2. The Hall–Kier alpha value is -2.17. The molecule has 25 heavy (non-hydrogen) atoms. The number of carbonyl (C=O) groups excluding carboxylic acids is 1. The molecule has 0 saturated carbocycles. The third-order valence-corrected chi connectivity index (χ3v) is 5.45. The molecule has 0 fully saturated rings. The van der Waals surface area contributed by atoms with Gasteiger partial charge in [0.2, 0.25) is 10.0 Å². The van der Waals surface area contributed by atoms with Gasteiger partial charge in [-0.3, -0.25) is 9.52 Å². The van der Waals surface area contributed by atoms with Crippen LogP contribution in [-0.2, 0) is 16.4 Å². The van der Waals surface area contributed by atoms with Gasteiger partial charge >= 0.3 is 0 Å². The topological polar surface area (TPSA) is 123 Å². The highest BCUT2D eigenvalue weighted by molar-refractivity contribution is 7.92. The number of thiazole rings is 1. The van der Waals surface area contributed by atoms with Crippen LogP contribution in [0.3, 0.4) is 0 Å². The molecule has 0 atom stereocenters. The Kier molecular flexibility index (Phi) is 6.34. The molecular weight excluding hydrogens is 364 g/mol. The maximum absolute atomic E-state index is 12.2. The highest BCUT2D eigenvalue weighted by atomic mass is 32.2. The average Bonchev–Trinajstić information content (AvgIpc) is 3.05. The predicted octanol–water partition coefficient (Wildman–Crippen LogP) is 1.67. The summed E-state index contributed by atoms with van der Waals surface area (Å²) in [5, 5.41) is 5.18. The summed E-state index contributed by atoms with van der Waals surface area (Å²) in [4.78, 5) is 16.5. The maximum atomic E-state index is 12.2. The minimum atomic E-state index is -3.42. The number of ether oxygens (including phenoxy) is 1. The van der Waals surface area contributed by atoms with Crippen molar-refractivity contribution < 1.29 is 17.9 Å². The normalized spacial score (nSPS) is 11.2. The molecule has 0 unspecified atom stereocenters. The number of amides is 1.